The van der Waals surface area contributed by atoms with Gasteiger partial charge in [0.25, 0.3) is 0 Å². The Morgan fingerprint density at radius 2 is 2.32 bits per heavy atom. The smallest absolute Gasteiger partial charge is 0.304 e. The minimum atomic E-state index is -0.867. The molecule has 2 N–H and O–H groups in total. The van der Waals surface area contributed by atoms with E-state index in [2.05, 4.69) is 11.9 Å². The molecule has 0 aliphatic carbocycles. The summed E-state index contributed by atoms with van der Waals surface area (Å²) in [4.78, 5) is 24.0. The summed E-state index contributed by atoms with van der Waals surface area (Å²) >= 11 is 0. The molecule has 0 aromatic rings. The first-order chi connectivity index (χ1) is 9.11. The number of carbonyl (C=O) groups excluding carboxylic acids is 1. The fourth-order valence-corrected chi connectivity index (χ4v) is 1.96. The molecule has 1 aliphatic heterocycles. The van der Waals surface area contributed by atoms with Crippen molar-refractivity contribution in [1.82, 2.24) is 10.2 Å². The Hall–Kier alpha value is -1.40. The van der Waals surface area contributed by atoms with Crippen molar-refractivity contribution in [2.75, 3.05) is 32.8 Å². The van der Waals surface area contributed by atoms with Gasteiger partial charge in [-0.05, 0) is 12.8 Å². The van der Waals surface area contributed by atoms with Crippen LogP contribution in [0.2, 0.25) is 0 Å². The molecule has 1 amide bonds. The van der Waals surface area contributed by atoms with Crippen LogP contribution in [-0.2, 0) is 14.3 Å². The van der Waals surface area contributed by atoms with Gasteiger partial charge in [0.2, 0.25) is 5.91 Å². The minimum Gasteiger partial charge on any atom is -0.481 e. The van der Waals surface area contributed by atoms with E-state index in [0.717, 1.165) is 19.4 Å². The predicted molar refractivity (Wildman–Crippen MR) is 70.9 cm³/mol. The topological polar surface area (TPSA) is 78.9 Å². The van der Waals surface area contributed by atoms with Gasteiger partial charge in [0.1, 0.15) is 0 Å². The monoisotopic (exact) mass is 270 g/mol. The molecule has 0 spiro atoms. The molecule has 0 radical (unpaired) electrons. The summed E-state index contributed by atoms with van der Waals surface area (Å²) in [7, 11) is 0. The first kappa shape index (κ1) is 15.7. The molecular formula is C13H22N2O4. The molecule has 1 rings (SSSR count). The zero-order valence-electron chi connectivity index (χ0n) is 11.1. The van der Waals surface area contributed by atoms with Gasteiger partial charge in [-0.1, -0.05) is 6.08 Å². The lowest BCUT2D eigenvalue weighted by atomic mass is 10.2. The summed E-state index contributed by atoms with van der Waals surface area (Å²) in [6, 6.07) is 0. The van der Waals surface area contributed by atoms with Crippen LogP contribution in [0.4, 0.5) is 0 Å². The van der Waals surface area contributed by atoms with Crippen LogP contribution >= 0.6 is 0 Å². The van der Waals surface area contributed by atoms with E-state index >= 15 is 0 Å². The van der Waals surface area contributed by atoms with Crippen LogP contribution in [0.1, 0.15) is 19.3 Å². The molecule has 1 saturated heterocycles. The van der Waals surface area contributed by atoms with Crippen molar-refractivity contribution < 1.29 is 19.4 Å². The largest absolute Gasteiger partial charge is 0.481 e. The number of nitrogens with one attached hydrogen (secondary N) is 1. The van der Waals surface area contributed by atoms with Crippen molar-refractivity contribution in [2.45, 2.75) is 25.4 Å². The fraction of sp³-hybridized carbons (Fsp3) is 0.692. The van der Waals surface area contributed by atoms with Crippen LogP contribution in [0.3, 0.4) is 0 Å². The van der Waals surface area contributed by atoms with E-state index in [1.807, 2.05) is 0 Å². The highest BCUT2D eigenvalue weighted by Gasteiger charge is 2.17. The third-order valence-corrected chi connectivity index (χ3v) is 2.95. The molecule has 0 bridgehead atoms. The van der Waals surface area contributed by atoms with Crippen LogP contribution in [0.5, 0.6) is 0 Å². The summed E-state index contributed by atoms with van der Waals surface area (Å²) in [6.07, 6.45) is 3.83. The number of amides is 1. The Balaban J connectivity index is 2.24. The highest BCUT2D eigenvalue weighted by atomic mass is 16.5. The Morgan fingerprint density at radius 3 is 2.89 bits per heavy atom. The number of carboxylic acid groups (broad SMARTS) is 1. The van der Waals surface area contributed by atoms with Crippen LogP contribution in [0, 0.1) is 0 Å². The molecule has 1 unspecified atom stereocenters. The Morgan fingerprint density at radius 1 is 1.53 bits per heavy atom. The lowest BCUT2D eigenvalue weighted by molar-refractivity contribution is -0.137. The second-order valence-electron chi connectivity index (χ2n) is 4.61. The van der Waals surface area contributed by atoms with Gasteiger partial charge < -0.3 is 15.2 Å². The lowest BCUT2D eigenvalue weighted by Crippen LogP contribution is -2.40. The number of hydrogen-bond donors (Lipinski definition) is 2. The molecule has 1 fully saturated rings. The number of nitrogens with zero attached hydrogens (tertiary/aromatic N) is 1. The second kappa shape index (κ2) is 8.66. The summed E-state index contributed by atoms with van der Waals surface area (Å²) in [5, 5.41) is 11.5. The van der Waals surface area contributed by atoms with E-state index in [9.17, 15) is 9.59 Å². The zero-order chi connectivity index (χ0) is 14.1. The van der Waals surface area contributed by atoms with E-state index in [1.54, 1.807) is 11.0 Å². The van der Waals surface area contributed by atoms with Gasteiger partial charge in [-0.15, -0.1) is 6.58 Å². The van der Waals surface area contributed by atoms with Crippen molar-refractivity contribution in [3.05, 3.63) is 12.7 Å². The SMILES string of the molecule is C=CCN(CCC(=O)O)CC(=O)NCC1CCCO1. The third kappa shape index (κ3) is 6.93. The lowest BCUT2D eigenvalue weighted by Gasteiger charge is -2.19. The van der Waals surface area contributed by atoms with Crippen LogP contribution in [-0.4, -0.2) is 60.8 Å². The molecule has 1 heterocycles. The molecule has 0 aromatic heterocycles. The number of aliphatic carboxylic acids is 1. The molecular weight excluding hydrogens is 248 g/mol. The molecule has 0 aromatic carbocycles. The van der Waals surface area contributed by atoms with E-state index < -0.39 is 5.97 Å². The van der Waals surface area contributed by atoms with Gasteiger partial charge in [0, 0.05) is 26.2 Å². The van der Waals surface area contributed by atoms with Gasteiger partial charge in [0.05, 0.1) is 19.1 Å². The summed E-state index contributed by atoms with van der Waals surface area (Å²) < 4.78 is 5.41. The van der Waals surface area contributed by atoms with Crippen LogP contribution < -0.4 is 5.32 Å². The Bertz CT molecular complexity index is 314. The minimum absolute atomic E-state index is 0.0207. The van der Waals surface area contributed by atoms with Crippen molar-refractivity contribution in [3.8, 4) is 0 Å². The quantitative estimate of drug-likeness (QED) is 0.587. The van der Waals surface area contributed by atoms with Crippen molar-refractivity contribution in [1.29, 1.82) is 0 Å². The van der Waals surface area contributed by atoms with Gasteiger partial charge in [0.15, 0.2) is 0 Å². The van der Waals surface area contributed by atoms with Gasteiger partial charge >= 0.3 is 5.97 Å². The van der Waals surface area contributed by atoms with Crippen molar-refractivity contribution in [2.24, 2.45) is 0 Å². The average Bonchev–Trinajstić information content (AvgIpc) is 2.87. The van der Waals surface area contributed by atoms with Gasteiger partial charge in [-0.2, -0.15) is 0 Å². The molecule has 6 nitrogen and oxygen atoms in total. The molecule has 0 saturated carbocycles. The third-order valence-electron chi connectivity index (χ3n) is 2.95. The molecule has 1 aliphatic rings. The first-order valence-electron chi connectivity index (χ1n) is 6.55. The maximum atomic E-state index is 11.7. The molecule has 1 atom stereocenters. The van der Waals surface area contributed by atoms with E-state index in [1.165, 1.54) is 0 Å². The average molecular weight is 270 g/mol. The van der Waals surface area contributed by atoms with Crippen molar-refractivity contribution >= 4 is 11.9 Å². The molecule has 108 valence electrons. The van der Waals surface area contributed by atoms with E-state index in [0.29, 0.717) is 19.6 Å². The molecule has 6 heteroatoms. The first-order valence-corrected chi connectivity index (χ1v) is 6.55. The summed E-state index contributed by atoms with van der Waals surface area (Å²) in [6.45, 7) is 5.93. The Kier molecular flexibility index (Phi) is 7.14. The maximum Gasteiger partial charge on any atom is 0.304 e. The van der Waals surface area contributed by atoms with E-state index in [4.69, 9.17) is 9.84 Å². The highest BCUT2D eigenvalue weighted by molar-refractivity contribution is 5.78. The zero-order valence-corrected chi connectivity index (χ0v) is 11.1. The number of ether oxygens (including phenoxy) is 1. The fourth-order valence-electron chi connectivity index (χ4n) is 1.96. The van der Waals surface area contributed by atoms with Gasteiger partial charge in [-0.25, -0.2) is 0 Å². The standard InChI is InChI=1S/C13H22N2O4/c1-2-6-15(7-5-13(17)18)10-12(16)14-9-11-4-3-8-19-11/h2,11H,1,3-10H2,(H,14,16)(H,17,18). The number of rotatable bonds is 9. The number of carboxylic acids is 1. The maximum absolute atomic E-state index is 11.7. The highest BCUT2D eigenvalue weighted by Crippen LogP contribution is 2.10. The Labute approximate surface area is 113 Å². The van der Waals surface area contributed by atoms with Crippen LogP contribution in [0.25, 0.3) is 0 Å². The van der Waals surface area contributed by atoms with Gasteiger partial charge in [-0.3, -0.25) is 14.5 Å². The predicted octanol–water partition coefficient (Wildman–Crippen LogP) is 0.244. The summed E-state index contributed by atoms with van der Waals surface area (Å²) in [5.41, 5.74) is 0. The van der Waals surface area contributed by atoms with E-state index in [-0.39, 0.29) is 25.0 Å². The molecule has 19 heavy (non-hydrogen) atoms. The van der Waals surface area contributed by atoms with Crippen molar-refractivity contribution in [3.63, 3.8) is 0 Å². The number of hydrogen-bond acceptors (Lipinski definition) is 4. The summed E-state index contributed by atoms with van der Waals surface area (Å²) in [5.74, 6) is -0.975. The normalized spacial score (nSPS) is 18.5. The number of carbonyl (C=O) groups is 2. The van der Waals surface area contributed by atoms with Crippen LogP contribution in [0.15, 0.2) is 12.7 Å². The second-order valence-corrected chi connectivity index (χ2v) is 4.61.